The largest absolute Gasteiger partial charge is 0.458 e. The molecule has 1 N–H and O–H groups in total. The van der Waals surface area contributed by atoms with E-state index in [0.717, 1.165) is 84.6 Å². The molecular formula is C27H49N5O5. The Labute approximate surface area is 223 Å². The Balaban J connectivity index is 1.30. The number of rotatable bonds is 6. The smallest absolute Gasteiger partial charge is 0.410 e. The highest BCUT2D eigenvalue weighted by Crippen LogP contribution is 2.22. The molecule has 3 rings (SSSR count). The van der Waals surface area contributed by atoms with Gasteiger partial charge in [-0.05, 0) is 79.3 Å². The molecule has 3 heterocycles. The number of ether oxygens (including phenoxy) is 2. The van der Waals surface area contributed by atoms with Crippen LogP contribution in [0.5, 0.6) is 0 Å². The van der Waals surface area contributed by atoms with Crippen molar-refractivity contribution in [2.45, 2.75) is 84.5 Å². The van der Waals surface area contributed by atoms with Gasteiger partial charge < -0.3 is 24.6 Å². The maximum absolute atomic E-state index is 12.8. The molecule has 3 aliphatic rings. The van der Waals surface area contributed by atoms with E-state index in [1.807, 2.05) is 44.4 Å². The summed E-state index contributed by atoms with van der Waals surface area (Å²) < 4.78 is 10.9. The molecule has 212 valence electrons. The first-order valence-electron chi connectivity index (χ1n) is 14.0. The molecule has 0 aliphatic carbocycles. The van der Waals surface area contributed by atoms with Crippen molar-refractivity contribution >= 4 is 18.1 Å². The third-order valence-electron chi connectivity index (χ3n) is 7.51. The molecule has 37 heavy (non-hydrogen) atoms. The highest BCUT2D eigenvalue weighted by atomic mass is 16.6. The Morgan fingerprint density at radius 3 is 1.92 bits per heavy atom. The van der Waals surface area contributed by atoms with Crippen LogP contribution in [0.2, 0.25) is 0 Å². The minimum Gasteiger partial charge on any atom is -0.458 e. The Bertz CT molecular complexity index is 775. The molecule has 10 nitrogen and oxygen atoms in total. The lowest BCUT2D eigenvalue weighted by Gasteiger charge is -2.43. The minimum absolute atomic E-state index is 0.0396. The highest BCUT2D eigenvalue weighted by Gasteiger charge is 2.32. The van der Waals surface area contributed by atoms with Gasteiger partial charge >= 0.3 is 18.1 Å². The van der Waals surface area contributed by atoms with Crippen LogP contribution in [-0.2, 0) is 14.3 Å². The van der Waals surface area contributed by atoms with Gasteiger partial charge in [-0.3, -0.25) is 14.6 Å². The molecule has 0 bridgehead atoms. The minimum atomic E-state index is -0.482. The Hall–Kier alpha value is -2.07. The lowest BCUT2D eigenvalue weighted by molar-refractivity contribution is -0.155. The quantitative estimate of drug-likeness (QED) is 0.535. The number of hydrogen-bond donors (Lipinski definition) is 1. The molecule has 3 saturated heterocycles. The number of esters is 1. The van der Waals surface area contributed by atoms with E-state index in [9.17, 15) is 14.4 Å². The maximum atomic E-state index is 12.8. The molecule has 0 saturated carbocycles. The number of nitrogens with zero attached hydrogens (tertiary/aromatic N) is 4. The van der Waals surface area contributed by atoms with Gasteiger partial charge in [0.2, 0.25) is 0 Å². The van der Waals surface area contributed by atoms with E-state index in [1.54, 1.807) is 0 Å². The second-order valence-electron chi connectivity index (χ2n) is 12.5. The maximum Gasteiger partial charge on any atom is 0.410 e. The third kappa shape index (κ3) is 9.63. The molecule has 10 heteroatoms. The molecule has 0 radical (unpaired) electrons. The third-order valence-corrected chi connectivity index (χ3v) is 7.51. The number of piperidine rings is 2. The predicted molar refractivity (Wildman–Crippen MR) is 142 cm³/mol. The van der Waals surface area contributed by atoms with E-state index in [4.69, 9.17) is 9.47 Å². The molecule has 3 aliphatic heterocycles. The summed E-state index contributed by atoms with van der Waals surface area (Å²) >= 11 is 0. The first-order chi connectivity index (χ1) is 17.3. The number of carbonyl (C=O) groups excluding carboxylic acids is 3. The van der Waals surface area contributed by atoms with Gasteiger partial charge in [0.1, 0.15) is 11.2 Å². The fourth-order valence-corrected chi connectivity index (χ4v) is 5.68. The molecule has 3 fully saturated rings. The average Bonchev–Trinajstić information content (AvgIpc) is 2.81. The summed E-state index contributed by atoms with van der Waals surface area (Å²) in [6.45, 7) is 19.1. The van der Waals surface area contributed by atoms with Gasteiger partial charge in [-0.2, -0.15) is 0 Å². The molecule has 0 atom stereocenters. The highest BCUT2D eigenvalue weighted by molar-refractivity contribution is 5.74. The van der Waals surface area contributed by atoms with Gasteiger partial charge in [0.15, 0.2) is 0 Å². The summed E-state index contributed by atoms with van der Waals surface area (Å²) in [6, 6.07) is 0.498. The topological polar surface area (TPSA) is 94.7 Å². The van der Waals surface area contributed by atoms with Gasteiger partial charge in [0.25, 0.3) is 0 Å². The molecule has 0 aromatic rings. The second-order valence-corrected chi connectivity index (χ2v) is 12.5. The van der Waals surface area contributed by atoms with Crippen LogP contribution in [0.3, 0.4) is 0 Å². The fourth-order valence-electron chi connectivity index (χ4n) is 5.68. The van der Waals surface area contributed by atoms with Crippen LogP contribution in [0.15, 0.2) is 0 Å². The molecule has 0 spiro atoms. The Kier molecular flexibility index (Phi) is 10.1. The lowest BCUT2D eigenvalue weighted by atomic mass is 9.95. The van der Waals surface area contributed by atoms with Gasteiger partial charge in [-0.15, -0.1) is 0 Å². The van der Waals surface area contributed by atoms with Crippen LogP contribution in [0.4, 0.5) is 9.59 Å². The van der Waals surface area contributed by atoms with Gasteiger partial charge in [-0.25, -0.2) is 9.59 Å². The van der Waals surface area contributed by atoms with Crippen molar-refractivity contribution in [1.82, 2.24) is 24.9 Å². The van der Waals surface area contributed by atoms with Crippen molar-refractivity contribution in [2.75, 3.05) is 65.4 Å². The van der Waals surface area contributed by atoms with E-state index < -0.39 is 11.2 Å². The SMILES string of the molecule is CC(=O)OC(C)(C)CN1CCC(CNC(=O)N2CCN(C3CCN(C(=O)OC(C)(C)C)CC3)CC2)CC1. The second kappa shape index (κ2) is 12.7. The van der Waals surface area contributed by atoms with E-state index >= 15 is 0 Å². The first-order valence-corrected chi connectivity index (χ1v) is 14.0. The summed E-state index contributed by atoms with van der Waals surface area (Å²) in [4.78, 5) is 45.0. The van der Waals surface area contributed by atoms with Crippen LogP contribution in [-0.4, -0.2) is 120 Å². The van der Waals surface area contributed by atoms with E-state index in [1.165, 1.54) is 6.92 Å². The van der Waals surface area contributed by atoms with Crippen molar-refractivity contribution in [3.63, 3.8) is 0 Å². The zero-order valence-electron chi connectivity index (χ0n) is 23.9. The van der Waals surface area contributed by atoms with Crippen molar-refractivity contribution in [1.29, 1.82) is 0 Å². The first kappa shape index (κ1) is 29.5. The van der Waals surface area contributed by atoms with Gasteiger partial charge in [0, 0.05) is 65.3 Å². The predicted octanol–water partition coefficient (Wildman–Crippen LogP) is 2.77. The zero-order valence-corrected chi connectivity index (χ0v) is 23.9. The van der Waals surface area contributed by atoms with E-state index in [-0.39, 0.29) is 18.1 Å². The zero-order chi connectivity index (χ0) is 27.2. The Morgan fingerprint density at radius 2 is 1.38 bits per heavy atom. The summed E-state index contributed by atoms with van der Waals surface area (Å²) in [5, 5.41) is 3.17. The summed E-state index contributed by atoms with van der Waals surface area (Å²) in [6.07, 6.45) is 3.74. The molecule has 3 amide bonds. The summed E-state index contributed by atoms with van der Waals surface area (Å²) in [5.41, 5.74) is -0.949. The van der Waals surface area contributed by atoms with Crippen molar-refractivity contribution in [2.24, 2.45) is 5.92 Å². The van der Waals surface area contributed by atoms with Crippen LogP contribution < -0.4 is 5.32 Å². The number of carbonyl (C=O) groups is 3. The molecule has 0 unspecified atom stereocenters. The van der Waals surface area contributed by atoms with Crippen molar-refractivity contribution in [3.8, 4) is 0 Å². The van der Waals surface area contributed by atoms with Crippen LogP contribution in [0, 0.1) is 5.92 Å². The van der Waals surface area contributed by atoms with Crippen LogP contribution >= 0.6 is 0 Å². The summed E-state index contributed by atoms with van der Waals surface area (Å²) in [7, 11) is 0. The van der Waals surface area contributed by atoms with Gasteiger partial charge in [0.05, 0.1) is 0 Å². The lowest BCUT2D eigenvalue weighted by Crippen LogP contribution is -2.56. The van der Waals surface area contributed by atoms with E-state index in [0.29, 0.717) is 18.5 Å². The number of hydrogen-bond acceptors (Lipinski definition) is 7. The Morgan fingerprint density at radius 1 is 0.784 bits per heavy atom. The molecule has 0 aromatic carbocycles. The average molecular weight is 524 g/mol. The van der Waals surface area contributed by atoms with Gasteiger partial charge in [-0.1, -0.05) is 0 Å². The molecular weight excluding hydrogens is 474 g/mol. The number of urea groups is 1. The van der Waals surface area contributed by atoms with Crippen LogP contribution in [0.25, 0.3) is 0 Å². The standard InChI is InChI=1S/C27H49N5O5/c1-21(33)36-27(5,6)20-29-11-7-22(8-12-29)19-28-24(34)31-17-15-30(16-18-31)23-9-13-32(14-10-23)25(35)37-26(2,3)4/h22-23H,7-20H2,1-6H3,(H,28,34). The summed E-state index contributed by atoms with van der Waals surface area (Å²) in [5.74, 6) is 0.237. The fraction of sp³-hybridized carbons (Fsp3) is 0.889. The molecule has 0 aromatic heterocycles. The number of amides is 3. The number of likely N-dealkylation sites (tertiary alicyclic amines) is 2. The van der Waals surface area contributed by atoms with E-state index in [2.05, 4.69) is 15.1 Å². The van der Waals surface area contributed by atoms with Crippen molar-refractivity contribution < 1.29 is 23.9 Å². The normalized spacial score (nSPS) is 21.6. The number of nitrogens with one attached hydrogen (secondary N) is 1. The van der Waals surface area contributed by atoms with Crippen LogP contribution in [0.1, 0.15) is 67.2 Å². The number of piperazine rings is 1. The van der Waals surface area contributed by atoms with Crippen molar-refractivity contribution in [3.05, 3.63) is 0 Å². The monoisotopic (exact) mass is 523 g/mol.